The SMILES string of the molecule is O=C(O)C[C@@H](C(=O)O)n1c(=O)c2ccc(NC(=O)c3ccccc3)cc2n(Cc2ccco2)c1=O. The summed E-state index contributed by atoms with van der Waals surface area (Å²) in [5, 5.41) is 21.4. The number of carbonyl (C=O) groups is 3. The van der Waals surface area contributed by atoms with Gasteiger partial charge < -0.3 is 19.9 Å². The van der Waals surface area contributed by atoms with Gasteiger partial charge in [-0.05, 0) is 42.5 Å². The largest absolute Gasteiger partial charge is 0.481 e. The predicted octanol–water partition coefficient (Wildman–Crippen LogP) is 2.16. The summed E-state index contributed by atoms with van der Waals surface area (Å²) in [5.41, 5.74) is -1.20. The van der Waals surface area contributed by atoms with E-state index in [1.54, 1.807) is 42.5 Å². The summed E-state index contributed by atoms with van der Waals surface area (Å²) >= 11 is 0. The maximum atomic E-state index is 13.4. The predicted molar refractivity (Wildman–Crippen MR) is 124 cm³/mol. The van der Waals surface area contributed by atoms with Crippen LogP contribution in [-0.4, -0.2) is 37.2 Å². The number of carboxylic acids is 2. The Morgan fingerprint density at radius 2 is 1.71 bits per heavy atom. The molecular formula is C24H19N3O8. The van der Waals surface area contributed by atoms with Gasteiger partial charge in [0.15, 0.2) is 0 Å². The Kier molecular flexibility index (Phi) is 6.32. The summed E-state index contributed by atoms with van der Waals surface area (Å²) < 4.78 is 6.83. The minimum absolute atomic E-state index is 0.0366. The number of aromatic nitrogens is 2. The highest BCUT2D eigenvalue weighted by molar-refractivity contribution is 6.05. The number of benzene rings is 2. The molecule has 4 rings (SSSR count). The van der Waals surface area contributed by atoms with Crippen LogP contribution in [0.25, 0.3) is 10.9 Å². The second-order valence-electron chi connectivity index (χ2n) is 7.63. The minimum atomic E-state index is -1.92. The maximum absolute atomic E-state index is 13.4. The molecule has 2 aromatic heterocycles. The van der Waals surface area contributed by atoms with Crippen LogP contribution in [0.4, 0.5) is 5.69 Å². The van der Waals surface area contributed by atoms with Crippen LogP contribution in [0.15, 0.2) is 80.9 Å². The van der Waals surface area contributed by atoms with E-state index in [2.05, 4.69) is 5.32 Å². The lowest BCUT2D eigenvalue weighted by molar-refractivity contribution is -0.147. The number of fused-ring (bicyclic) bond motifs is 1. The number of carbonyl (C=O) groups excluding carboxylic acids is 1. The molecule has 0 saturated carbocycles. The first kappa shape index (κ1) is 23.2. The number of furan rings is 1. The van der Waals surface area contributed by atoms with Gasteiger partial charge in [-0.2, -0.15) is 0 Å². The smallest absolute Gasteiger partial charge is 0.332 e. The molecule has 35 heavy (non-hydrogen) atoms. The van der Waals surface area contributed by atoms with Crippen molar-refractivity contribution in [3.63, 3.8) is 0 Å². The summed E-state index contributed by atoms with van der Waals surface area (Å²) in [4.78, 5) is 62.1. The zero-order chi connectivity index (χ0) is 25.1. The van der Waals surface area contributed by atoms with Crippen molar-refractivity contribution in [3.05, 3.63) is 99.1 Å². The number of hydrogen-bond donors (Lipinski definition) is 3. The molecule has 0 aliphatic heterocycles. The third-order valence-corrected chi connectivity index (χ3v) is 5.33. The van der Waals surface area contributed by atoms with E-state index in [1.807, 2.05) is 0 Å². The summed E-state index contributed by atoms with van der Waals surface area (Å²) in [6, 6.07) is 13.9. The first-order valence-electron chi connectivity index (χ1n) is 10.4. The Hall–Kier alpha value is -4.93. The Bertz CT molecular complexity index is 1540. The molecule has 0 aliphatic rings. The molecule has 1 amide bonds. The van der Waals surface area contributed by atoms with Gasteiger partial charge in [0.25, 0.3) is 11.5 Å². The van der Waals surface area contributed by atoms with Crippen molar-refractivity contribution in [2.24, 2.45) is 0 Å². The van der Waals surface area contributed by atoms with Crippen LogP contribution < -0.4 is 16.6 Å². The first-order chi connectivity index (χ1) is 16.8. The lowest BCUT2D eigenvalue weighted by Gasteiger charge is -2.18. The van der Waals surface area contributed by atoms with E-state index in [0.29, 0.717) is 15.9 Å². The molecule has 0 spiro atoms. The topological polar surface area (TPSA) is 161 Å². The van der Waals surface area contributed by atoms with Crippen molar-refractivity contribution in [3.8, 4) is 0 Å². The Labute approximate surface area is 196 Å². The second-order valence-corrected chi connectivity index (χ2v) is 7.63. The summed E-state index contributed by atoms with van der Waals surface area (Å²) in [6.07, 6.45) is 0.413. The number of rotatable bonds is 8. The third-order valence-electron chi connectivity index (χ3n) is 5.33. The number of carboxylic acid groups (broad SMARTS) is 2. The Balaban J connectivity index is 1.90. The molecule has 3 N–H and O–H groups in total. The molecule has 0 fully saturated rings. The lowest BCUT2D eigenvalue weighted by atomic mass is 10.1. The molecule has 178 valence electrons. The fraction of sp³-hybridized carbons (Fsp3) is 0.125. The second kappa shape index (κ2) is 9.51. The molecule has 11 nitrogen and oxygen atoms in total. The van der Waals surface area contributed by atoms with E-state index >= 15 is 0 Å². The van der Waals surface area contributed by atoms with Crippen LogP contribution >= 0.6 is 0 Å². The lowest BCUT2D eigenvalue weighted by Crippen LogP contribution is -2.45. The van der Waals surface area contributed by atoms with Gasteiger partial charge in [0, 0.05) is 11.3 Å². The number of hydrogen-bond acceptors (Lipinski definition) is 6. The molecule has 0 saturated heterocycles. The van der Waals surface area contributed by atoms with E-state index in [9.17, 15) is 29.1 Å². The molecule has 0 aliphatic carbocycles. The van der Waals surface area contributed by atoms with Gasteiger partial charge in [-0.15, -0.1) is 0 Å². The number of aliphatic carboxylic acids is 2. The van der Waals surface area contributed by atoms with Crippen molar-refractivity contribution in [1.29, 1.82) is 0 Å². The van der Waals surface area contributed by atoms with Gasteiger partial charge in [-0.1, -0.05) is 18.2 Å². The molecule has 0 unspecified atom stereocenters. The average molecular weight is 477 g/mol. The molecular weight excluding hydrogens is 458 g/mol. The molecule has 0 radical (unpaired) electrons. The van der Waals surface area contributed by atoms with Crippen LogP contribution in [0.3, 0.4) is 0 Å². The van der Waals surface area contributed by atoms with Gasteiger partial charge in [-0.25, -0.2) is 14.2 Å². The van der Waals surface area contributed by atoms with Gasteiger partial charge >= 0.3 is 17.6 Å². The third kappa shape index (κ3) is 4.74. The fourth-order valence-corrected chi connectivity index (χ4v) is 3.70. The van der Waals surface area contributed by atoms with Crippen molar-refractivity contribution in [1.82, 2.24) is 9.13 Å². The summed E-state index contributed by atoms with van der Waals surface area (Å²) in [6.45, 7) is -0.169. The molecule has 11 heteroatoms. The monoisotopic (exact) mass is 477 g/mol. The van der Waals surface area contributed by atoms with Crippen molar-refractivity contribution < 1.29 is 29.0 Å². The highest BCUT2D eigenvalue weighted by atomic mass is 16.4. The van der Waals surface area contributed by atoms with Crippen LogP contribution in [0.2, 0.25) is 0 Å². The van der Waals surface area contributed by atoms with Crippen molar-refractivity contribution in [2.45, 2.75) is 19.0 Å². The van der Waals surface area contributed by atoms with Crippen LogP contribution in [0, 0.1) is 0 Å². The zero-order valence-electron chi connectivity index (χ0n) is 18.1. The average Bonchev–Trinajstić information content (AvgIpc) is 3.34. The summed E-state index contributed by atoms with van der Waals surface area (Å²) in [5.74, 6) is -3.20. The molecule has 2 aromatic carbocycles. The zero-order valence-corrected chi connectivity index (χ0v) is 18.1. The van der Waals surface area contributed by atoms with Gasteiger partial charge in [0.1, 0.15) is 11.8 Å². The van der Waals surface area contributed by atoms with E-state index in [-0.39, 0.29) is 23.1 Å². The number of anilines is 1. The van der Waals surface area contributed by atoms with Crippen molar-refractivity contribution >= 4 is 34.4 Å². The van der Waals surface area contributed by atoms with E-state index in [1.165, 1.54) is 24.5 Å². The van der Waals surface area contributed by atoms with E-state index in [4.69, 9.17) is 9.52 Å². The summed E-state index contributed by atoms with van der Waals surface area (Å²) in [7, 11) is 0. The number of nitrogens with one attached hydrogen (secondary N) is 1. The van der Waals surface area contributed by atoms with Crippen molar-refractivity contribution in [2.75, 3.05) is 5.32 Å². The standard InChI is InChI=1S/C24H19N3O8/c28-20(29)12-19(23(32)33)27-22(31)17-9-8-15(25-21(30)14-5-2-1-3-6-14)11-18(17)26(24(27)34)13-16-7-4-10-35-16/h1-11,19H,12-13H2,(H,25,30)(H,28,29)(H,32,33)/t19-/m0/s1. The molecule has 4 aromatic rings. The fourth-order valence-electron chi connectivity index (χ4n) is 3.70. The number of nitrogens with zero attached hydrogens (tertiary/aromatic N) is 2. The highest BCUT2D eigenvalue weighted by Crippen LogP contribution is 2.19. The highest BCUT2D eigenvalue weighted by Gasteiger charge is 2.28. The van der Waals surface area contributed by atoms with Crippen LogP contribution in [0.1, 0.15) is 28.6 Å². The molecule has 1 atom stereocenters. The Morgan fingerprint density at radius 3 is 2.34 bits per heavy atom. The molecule has 0 bridgehead atoms. The van der Waals surface area contributed by atoms with Gasteiger partial charge in [-0.3, -0.25) is 19.0 Å². The normalized spacial score (nSPS) is 11.8. The minimum Gasteiger partial charge on any atom is -0.481 e. The van der Waals surface area contributed by atoms with Crippen LogP contribution in [-0.2, 0) is 16.1 Å². The first-order valence-corrected chi connectivity index (χ1v) is 10.4. The molecule has 2 heterocycles. The maximum Gasteiger partial charge on any atom is 0.332 e. The van der Waals surface area contributed by atoms with Gasteiger partial charge in [0.05, 0.1) is 30.1 Å². The van der Waals surface area contributed by atoms with E-state index in [0.717, 1.165) is 4.57 Å². The Morgan fingerprint density at radius 1 is 0.971 bits per heavy atom. The van der Waals surface area contributed by atoms with Gasteiger partial charge in [0.2, 0.25) is 0 Å². The van der Waals surface area contributed by atoms with Crippen LogP contribution in [0.5, 0.6) is 0 Å². The quantitative estimate of drug-likeness (QED) is 0.348. The number of amides is 1. The van der Waals surface area contributed by atoms with E-state index < -0.39 is 41.6 Å².